The Hall–Kier alpha value is 1.20. The van der Waals surface area contributed by atoms with Gasteiger partial charge in [-0.25, -0.2) is 0 Å². The lowest BCUT2D eigenvalue weighted by molar-refractivity contribution is 0.336. The Bertz CT molecular complexity index is 405. The molecular formula is C16H38N2O3P2S2. The van der Waals surface area contributed by atoms with Crippen molar-refractivity contribution in [3.05, 3.63) is 0 Å². The average molecular weight is 433 g/mol. The molecule has 6 N–H and O–H groups in total. The third kappa shape index (κ3) is 18.3. The molecule has 0 aliphatic carbocycles. The molecular weight excluding hydrogens is 394 g/mol. The summed E-state index contributed by atoms with van der Waals surface area (Å²) in [5.74, 6) is 4.52. The van der Waals surface area contributed by atoms with Crippen LogP contribution in [0.25, 0.3) is 0 Å². The lowest BCUT2D eigenvalue weighted by Gasteiger charge is -2.25. The summed E-state index contributed by atoms with van der Waals surface area (Å²) in [7, 11) is -4.63. The summed E-state index contributed by atoms with van der Waals surface area (Å²) in [6.45, 7) is 8.77. The standard InChI is InChI=1S/C16H38N2O3P2S2/c1-15(2,5-9-22(17)19)7-11-24-13-14-25-12-8-16(3,4)6-10-23(18,20)21/h19H,5-14,17H2,1-4H3,(H3,18,20,21). The van der Waals surface area contributed by atoms with Crippen molar-refractivity contribution < 1.29 is 14.4 Å². The van der Waals surface area contributed by atoms with Crippen LogP contribution in [0.3, 0.4) is 0 Å². The minimum atomic E-state index is -3.37. The summed E-state index contributed by atoms with van der Waals surface area (Å²) < 4.78 is 11.2. The molecule has 0 aliphatic heterocycles. The molecule has 0 aliphatic rings. The Kier molecular flexibility index (Phi) is 13.2. The Morgan fingerprint density at radius 3 is 1.76 bits per heavy atom. The van der Waals surface area contributed by atoms with Crippen LogP contribution in [0.4, 0.5) is 0 Å². The summed E-state index contributed by atoms with van der Waals surface area (Å²) in [6, 6.07) is 0. The van der Waals surface area contributed by atoms with Crippen molar-refractivity contribution in [2.24, 2.45) is 21.8 Å². The molecule has 2 atom stereocenters. The van der Waals surface area contributed by atoms with Crippen LogP contribution in [-0.4, -0.2) is 45.1 Å². The van der Waals surface area contributed by atoms with Crippen molar-refractivity contribution in [3.63, 3.8) is 0 Å². The smallest absolute Gasteiger partial charge is 0.264 e. The van der Waals surface area contributed by atoms with E-state index in [0.29, 0.717) is 6.42 Å². The number of thioether (sulfide) groups is 2. The zero-order chi connectivity index (χ0) is 19.6. The maximum Gasteiger partial charge on any atom is 0.264 e. The van der Waals surface area contributed by atoms with Gasteiger partial charge in [0.05, 0.1) is 8.30 Å². The summed E-state index contributed by atoms with van der Waals surface area (Å²) in [4.78, 5) is 18.4. The van der Waals surface area contributed by atoms with E-state index in [1.54, 1.807) is 0 Å². The van der Waals surface area contributed by atoms with Crippen LogP contribution < -0.4 is 11.0 Å². The minimum absolute atomic E-state index is 0.0665. The number of nitrogens with two attached hydrogens (primary N) is 2. The average Bonchev–Trinajstić information content (AvgIpc) is 2.45. The maximum absolute atomic E-state index is 11.2. The van der Waals surface area contributed by atoms with Crippen molar-refractivity contribution in [2.75, 3.05) is 35.3 Å². The van der Waals surface area contributed by atoms with Crippen LogP contribution in [0.5, 0.6) is 0 Å². The first-order chi connectivity index (χ1) is 11.3. The quantitative estimate of drug-likeness (QED) is 0.223. The molecule has 0 rings (SSSR count). The van der Waals surface area contributed by atoms with Crippen LogP contribution in [-0.2, 0) is 4.57 Å². The van der Waals surface area contributed by atoms with E-state index < -0.39 is 15.8 Å². The first-order valence-corrected chi connectivity index (χ1v) is 14.6. The molecule has 0 aromatic heterocycles. The fraction of sp³-hybridized carbons (Fsp3) is 1.00. The Morgan fingerprint density at radius 2 is 1.36 bits per heavy atom. The van der Waals surface area contributed by atoms with Gasteiger partial charge >= 0.3 is 0 Å². The lowest BCUT2D eigenvalue weighted by Crippen LogP contribution is -2.16. The van der Waals surface area contributed by atoms with Gasteiger partial charge in [0.2, 0.25) is 0 Å². The van der Waals surface area contributed by atoms with Crippen molar-refractivity contribution in [2.45, 2.75) is 53.4 Å². The molecule has 0 fully saturated rings. The predicted octanol–water partition coefficient (Wildman–Crippen LogP) is 4.47. The van der Waals surface area contributed by atoms with Gasteiger partial charge in [0, 0.05) is 23.8 Å². The molecule has 0 aromatic rings. The van der Waals surface area contributed by atoms with E-state index in [1.165, 1.54) is 0 Å². The highest BCUT2D eigenvalue weighted by atomic mass is 32.2. The van der Waals surface area contributed by atoms with Gasteiger partial charge < -0.3 is 9.79 Å². The van der Waals surface area contributed by atoms with Gasteiger partial charge in [0.1, 0.15) is 0 Å². The second-order valence-electron chi connectivity index (χ2n) is 8.20. The van der Waals surface area contributed by atoms with Crippen LogP contribution in [0, 0.1) is 10.8 Å². The maximum atomic E-state index is 11.2. The third-order valence-electron chi connectivity index (χ3n) is 4.35. The molecule has 0 heterocycles. The van der Waals surface area contributed by atoms with E-state index in [1.807, 2.05) is 23.5 Å². The predicted molar refractivity (Wildman–Crippen MR) is 118 cm³/mol. The largest absolute Gasteiger partial charge is 0.359 e. The second-order valence-corrected chi connectivity index (χ2v) is 13.9. The highest BCUT2D eigenvalue weighted by molar-refractivity contribution is 8.02. The van der Waals surface area contributed by atoms with E-state index in [0.717, 1.165) is 48.4 Å². The fourth-order valence-electron chi connectivity index (χ4n) is 2.15. The number of hydrogen-bond acceptors (Lipinski definition) is 5. The molecule has 5 nitrogen and oxygen atoms in total. The Morgan fingerprint density at radius 1 is 0.920 bits per heavy atom. The molecule has 0 saturated heterocycles. The third-order valence-corrected chi connectivity index (χ3v) is 8.12. The fourth-order valence-corrected chi connectivity index (χ4v) is 6.65. The molecule has 152 valence electrons. The second kappa shape index (κ2) is 12.6. The molecule has 0 radical (unpaired) electrons. The summed E-state index contributed by atoms with van der Waals surface area (Å²) in [5.41, 5.74) is 11.0. The van der Waals surface area contributed by atoms with Gasteiger partial charge in [-0.3, -0.25) is 15.6 Å². The highest BCUT2D eigenvalue weighted by Crippen LogP contribution is 2.37. The zero-order valence-electron chi connectivity index (χ0n) is 16.2. The number of rotatable bonds is 15. The van der Waals surface area contributed by atoms with Crippen molar-refractivity contribution >= 4 is 39.3 Å². The molecule has 2 unspecified atom stereocenters. The van der Waals surface area contributed by atoms with E-state index in [4.69, 9.17) is 11.0 Å². The normalized spacial score (nSPS) is 16.6. The van der Waals surface area contributed by atoms with Crippen LogP contribution >= 0.6 is 39.3 Å². The van der Waals surface area contributed by atoms with Gasteiger partial charge in [-0.05, 0) is 48.0 Å². The zero-order valence-corrected chi connectivity index (χ0v) is 19.7. The first-order valence-electron chi connectivity index (χ1n) is 8.80. The van der Waals surface area contributed by atoms with Crippen LogP contribution in [0.2, 0.25) is 0 Å². The summed E-state index contributed by atoms with van der Waals surface area (Å²) in [6.07, 6.45) is 4.81. The van der Waals surface area contributed by atoms with Crippen LogP contribution in [0.15, 0.2) is 0 Å². The van der Waals surface area contributed by atoms with Crippen molar-refractivity contribution in [1.29, 1.82) is 0 Å². The van der Waals surface area contributed by atoms with Gasteiger partial charge in [-0.15, -0.1) is 0 Å². The topological polar surface area (TPSA) is 110 Å². The Balaban J connectivity index is 3.65. The van der Waals surface area contributed by atoms with Crippen molar-refractivity contribution in [3.8, 4) is 0 Å². The van der Waals surface area contributed by atoms with Gasteiger partial charge in [-0.1, -0.05) is 27.7 Å². The molecule has 25 heavy (non-hydrogen) atoms. The summed E-state index contributed by atoms with van der Waals surface area (Å²) in [5, 5.41) is 0. The molecule has 0 amide bonds. The molecule has 0 aromatic carbocycles. The lowest BCUT2D eigenvalue weighted by atomic mass is 9.87. The SMILES string of the molecule is CC(C)(CCSCCSCCC(C)(C)CCP(N)(=O)O)CCP(N)O. The highest BCUT2D eigenvalue weighted by Gasteiger charge is 2.22. The van der Waals surface area contributed by atoms with Crippen LogP contribution in [0.1, 0.15) is 53.4 Å². The summed E-state index contributed by atoms with van der Waals surface area (Å²) >= 11 is 3.95. The monoisotopic (exact) mass is 432 g/mol. The van der Waals surface area contributed by atoms with E-state index in [9.17, 15) is 14.4 Å². The van der Waals surface area contributed by atoms with E-state index >= 15 is 0 Å². The van der Waals surface area contributed by atoms with Gasteiger partial charge in [0.15, 0.2) is 0 Å². The molecule has 0 saturated carbocycles. The van der Waals surface area contributed by atoms with E-state index in [2.05, 4.69) is 27.7 Å². The minimum Gasteiger partial charge on any atom is -0.359 e. The van der Waals surface area contributed by atoms with Gasteiger partial charge in [0.25, 0.3) is 7.52 Å². The van der Waals surface area contributed by atoms with Gasteiger partial charge in [-0.2, -0.15) is 23.5 Å². The molecule has 0 spiro atoms. The Labute approximate surface area is 164 Å². The molecule has 0 bridgehead atoms. The first kappa shape index (κ1) is 26.2. The van der Waals surface area contributed by atoms with E-state index in [-0.39, 0.29) is 17.0 Å². The number of hydrogen-bond donors (Lipinski definition) is 4. The van der Waals surface area contributed by atoms with Crippen molar-refractivity contribution in [1.82, 2.24) is 0 Å². The molecule has 9 heteroatoms.